The van der Waals surface area contributed by atoms with E-state index in [2.05, 4.69) is 50.0 Å². The van der Waals surface area contributed by atoms with E-state index in [9.17, 15) is 4.79 Å². The molecule has 2 fully saturated rings. The zero-order valence-corrected chi connectivity index (χ0v) is 15.5. The van der Waals surface area contributed by atoms with Crippen molar-refractivity contribution in [3.05, 3.63) is 35.4 Å². The Morgan fingerprint density at radius 3 is 2.25 bits per heavy atom. The van der Waals surface area contributed by atoms with Gasteiger partial charge in [0.15, 0.2) is 0 Å². The van der Waals surface area contributed by atoms with Crippen LogP contribution in [-0.4, -0.2) is 6.08 Å². The number of carbonyl (C=O) groups excluding carboxylic acids is 1. The summed E-state index contributed by atoms with van der Waals surface area (Å²) < 4.78 is 0. The van der Waals surface area contributed by atoms with Crippen molar-refractivity contribution in [2.24, 2.45) is 16.3 Å². The number of isocyanates is 1. The van der Waals surface area contributed by atoms with Gasteiger partial charge in [-0.15, -0.1) is 0 Å². The summed E-state index contributed by atoms with van der Waals surface area (Å²) in [5, 5.41) is 0. The maximum absolute atomic E-state index is 11.1. The lowest BCUT2D eigenvalue weighted by atomic mass is 9.67. The Morgan fingerprint density at radius 2 is 1.67 bits per heavy atom. The molecule has 1 aromatic carbocycles. The molecular weight excluding hydrogens is 294 g/mol. The highest BCUT2D eigenvalue weighted by molar-refractivity contribution is 5.43. The molecule has 0 aliphatic heterocycles. The Bertz CT molecular complexity index is 607. The van der Waals surface area contributed by atoms with Gasteiger partial charge in [0.25, 0.3) is 0 Å². The van der Waals surface area contributed by atoms with Gasteiger partial charge in [-0.3, -0.25) is 0 Å². The molecule has 3 rings (SSSR count). The Hall–Kier alpha value is -1.40. The van der Waals surface area contributed by atoms with Crippen LogP contribution in [0.3, 0.4) is 0 Å². The maximum Gasteiger partial charge on any atom is 0.235 e. The topological polar surface area (TPSA) is 29.4 Å². The molecule has 2 nitrogen and oxygen atoms in total. The molecule has 0 bridgehead atoms. The van der Waals surface area contributed by atoms with Crippen LogP contribution in [0.25, 0.3) is 0 Å². The molecule has 0 spiro atoms. The summed E-state index contributed by atoms with van der Waals surface area (Å²) in [6, 6.07) is 8.77. The summed E-state index contributed by atoms with van der Waals surface area (Å²) in [5.41, 5.74) is 2.88. The molecule has 130 valence electrons. The molecular formula is C22H31NO. The monoisotopic (exact) mass is 325 g/mol. The van der Waals surface area contributed by atoms with Gasteiger partial charge in [-0.05, 0) is 66.9 Å². The van der Waals surface area contributed by atoms with E-state index in [1.54, 1.807) is 0 Å². The number of rotatable bonds is 3. The van der Waals surface area contributed by atoms with Crippen LogP contribution in [0.1, 0.15) is 89.2 Å². The normalized spacial score (nSPS) is 26.8. The van der Waals surface area contributed by atoms with Gasteiger partial charge in [-0.1, -0.05) is 57.9 Å². The van der Waals surface area contributed by atoms with Gasteiger partial charge in [0.2, 0.25) is 6.08 Å². The SMILES string of the molecule is CC(C)(C)C1CCC(c2ccccc2C2(N=C=O)CCCC2)CC1. The second kappa shape index (κ2) is 6.84. The van der Waals surface area contributed by atoms with Crippen molar-refractivity contribution in [3.8, 4) is 0 Å². The fourth-order valence-electron chi connectivity index (χ4n) is 5.04. The van der Waals surface area contributed by atoms with Gasteiger partial charge in [0, 0.05) is 0 Å². The molecule has 0 radical (unpaired) electrons. The van der Waals surface area contributed by atoms with Crippen molar-refractivity contribution < 1.29 is 4.79 Å². The fraction of sp³-hybridized carbons (Fsp3) is 0.682. The summed E-state index contributed by atoms with van der Waals surface area (Å²) >= 11 is 0. The van der Waals surface area contributed by atoms with Crippen LogP contribution < -0.4 is 0 Å². The third-order valence-corrected chi connectivity index (χ3v) is 6.54. The van der Waals surface area contributed by atoms with Crippen LogP contribution >= 0.6 is 0 Å². The summed E-state index contributed by atoms with van der Waals surface area (Å²) in [7, 11) is 0. The molecule has 2 aliphatic carbocycles. The molecule has 2 saturated carbocycles. The van der Waals surface area contributed by atoms with E-state index in [0.29, 0.717) is 11.3 Å². The summed E-state index contributed by atoms with van der Waals surface area (Å²) in [5.74, 6) is 1.45. The first-order valence-corrected chi connectivity index (χ1v) is 9.65. The van der Waals surface area contributed by atoms with Gasteiger partial charge >= 0.3 is 0 Å². The van der Waals surface area contributed by atoms with Gasteiger partial charge in [-0.25, -0.2) is 4.79 Å². The second-order valence-electron chi connectivity index (χ2n) is 8.94. The fourth-order valence-corrected chi connectivity index (χ4v) is 5.04. The third-order valence-electron chi connectivity index (χ3n) is 6.54. The van der Waals surface area contributed by atoms with Gasteiger partial charge < -0.3 is 0 Å². The molecule has 0 unspecified atom stereocenters. The molecule has 0 saturated heterocycles. The Labute approximate surface area is 146 Å². The molecule has 1 aromatic rings. The lowest BCUT2D eigenvalue weighted by molar-refractivity contribution is 0.168. The van der Waals surface area contributed by atoms with Crippen molar-refractivity contribution in [2.45, 2.75) is 83.6 Å². The molecule has 0 heterocycles. The van der Waals surface area contributed by atoms with Crippen LogP contribution in [0.5, 0.6) is 0 Å². The summed E-state index contributed by atoms with van der Waals surface area (Å²) in [6.45, 7) is 7.12. The summed E-state index contributed by atoms with van der Waals surface area (Å²) in [6.07, 6.45) is 11.4. The first-order valence-electron chi connectivity index (χ1n) is 9.65. The average Bonchev–Trinajstić information content (AvgIpc) is 3.04. The molecule has 2 aliphatic rings. The minimum atomic E-state index is -0.292. The largest absolute Gasteiger partial charge is 0.235 e. The number of aliphatic imine (C=N–C) groups is 1. The van der Waals surface area contributed by atoms with Crippen LogP contribution in [0.4, 0.5) is 0 Å². The molecule has 0 atom stereocenters. The van der Waals surface area contributed by atoms with Crippen molar-refractivity contribution in [1.29, 1.82) is 0 Å². The molecule has 0 aromatic heterocycles. The van der Waals surface area contributed by atoms with Crippen LogP contribution in [-0.2, 0) is 10.3 Å². The Balaban J connectivity index is 1.87. The maximum atomic E-state index is 11.1. The molecule has 24 heavy (non-hydrogen) atoms. The number of benzene rings is 1. The quantitative estimate of drug-likeness (QED) is 0.487. The highest BCUT2D eigenvalue weighted by Gasteiger charge is 2.39. The van der Waals surface area contributed by atoms with Crippen LogP contribution in [0.2, 0.25) is 0 Å². The van der Waals surface area contributed by atoms with E-state index in [0.717, 1.165) is 31.6 Å². The first kappa shape index (κ1) is 17.4. The van der Waals surface area contributed by atoms with Gasteiger partial charge in [0.1, 0.15) is 0 Å². The number of hydrogen-bond acceptors (Lipinski definition) is 2. The van der Waals surface area contributed by atoms with Crippen molar-refractivity contribution in [1.82, 2.24) is 0 Å². The van der Waals surface area contributed by atoms with Crippen molar-refractivity contribution in [3.63, 3.8) is 0 Å². The van der Waals surface area contributed by atoms with Crippen LogP contribution in [0.15, 0.2) is 29.3 Å². The van der Waals surface area contributed by atoms with Gasteiger partial charge in [0.05, 0.1) is 5.54 Å². The standard InChI is InChI=1S/C22H31NO/c1-21(2,3)18-12-10-17(11-13-18)19-8-4-5-9-20(19)22(23-16-24)14-6-7-15-22/h4-5,8-9,17-18H,6-7,10-15H2,1-3H3. The lowest BCUT2D eigenvalue weighted by Gasteiger charge is -2.38. The van der Waals surface area contributed by atoms with Gasteiger partial charge in [-0.2, -0.15) is 4.99 Å². The van der Waals surface area contributed by atoms with E-state index in [1.807, 2.05) is 6.08 Å². The minimum absolute atomic E-state index is 0.292. The zero-order valence-electron chi connectivity index (χ0n) is 15.5. The molecule has 0 N–H and O–H groups in total. The Morgan fingerprint density at radius 1 is 1.04 bits per heavy atom. The molecule has 0 amide bonds. The first-order chi connectivity index (χ1) is 11.5. The highest BCUT2D eigenvalue weighted by atomic mass is 16.1. The van der Waals surface area contributed by atoms with E-state index in [-0.39, 0.29) is 5.54 Å². The highest BCUT2D eigenvalue weighted by Crippen LogP contribution is 2.48. The third kappa shape index (κ3) is 3.35. The minimum Gasteiger partial charge on any atom is -0.211 e. The number of hydrogen-bond donors (Lipinski definition) is 0. The van der Waals surface area contributed by atoms with E-state index in [1.165, 1.54) is 36.8 Å². The van der Waals surface area contributed by atoms with E-state index < -0.39 is 0 Å². The predicted molar refractivity (Wildman–Crippen MR) is 98.9 cm³/mol. The van der Waals surface area contributed by atoms with Crippen molar-refractivity contribution in [2.75, 3.05) is 0 Å². The second-order valence-corrected chi connectivity index (χ2v) is 8.94. The van der Waals surface area contributed by atoms with E-state index >= 15 is 0 Å². The summed E-state index contributed by atoms with van der Waals surface area (Å²) in [4.78, 5) is 15.4. The Kier molecular flexibility index (Phi) is 4.97. The lowest BCUT2D eigenvalue weighted by Crippen LogP contribution is -2.27. The zero-order chi connectivity index (χ0) is 17.2. The number of nitrogens with zero attached hydrogens (tertiary/aromatic N) is 1. The smallest absolute Gasteiger partial charge is 0.211 e. The predicted octanol–water partition coefficient (Wildman–Crippen LogP) is 6.11. The van der Waals surface area contributed by atoms with Crippen LogP contribution in [0, 0.1) is 11.3 Å². The van der Waals surface area contributed by atoms with Crippen molar-refractivity contribution >= 4 is 6.08 Å². The van der Waals surface area contributed by atoms with E-state index in [4.69, 9.17) is 0 Å². The molecule has 2 heteroatoms. The average molecular weight is 325 g/mol.